The number of anilines is 1. The largest absolute Gasteiger partial charge is 0.343 e. The van der Waals surface area contributed by atoms with Gasteiger partial charge in [-0.3, -0.25) is 9.59 Å². The Hall–Kier alpha value is -3.03. The lowest BCUT2D eigenvalue weighted by Gasteiger charge is -2.06. The molecule has 2 aromatic carbocycles. The molecule has 4 N–H and O–H groups in total. The van der Waals surface area contributed by atoms with E-state index in [1.807, 2.05) is 0 Å². The maximum atomic E-state index is 12.0. The van der Waals surface area contributed by atoms with E-state index in [9.17, 15) is 14.4 Å². The summed E-state index contributed by atoms with van der Waals surface area (Å²) in [6, 6.07) is 10.0. The Kier molecular flexibility index (Phi) is 5.63. The number of halogens is 2. The number of amides is 2. The van der Waals surface area contributed by atoms with Crippen molar-refractivity contribution in [1.29, 1.82) is 0 Å². The summed E-state index contributed by atoms with van der Waals surface area (Å²) in [5.41, 5.74) is 1.97. The van der Waals surface area contributed by atoms with Gasteiger partial charge in [0.25, 0.3) is 0 Å². The number of H-pyrrole nitrogens is 2. The van der Waals surface area contributed by atoms with Gasteiger partial charge in [0.1, 0.15) is 0 Å². The Morgan fingerprint density at radius 2 is 1.85 bits per heavy atom. The number of aromatic nitrogens is 2. The van der Waals surface area contributed by atoms with Crippen LogP contribution in [-0.2, 0) is 9.59 Å². The summed E-state index contributed by atoms with van der Waals surface area (Å²) >= 11 is 11.9. The van der Waals surface area contributed by atoms with Crippen molar-refractivity contribution in [3.8, 4) is 0 Å². The second-order valence-corrected chi connectivity index (χ2v) is 6.37. The van der Waals surface area contributed by atoms with Gasteiger partial charge in [0.15, 0.2) is 0 Å². The molecule has 0 bridgehead atoms. The van der Waals surface area contributed by atoms with Crippen molar-refractivity contribution >= 4 is 57.8 Å². The van der Waals surface area contributed by atoms with Gasteiger partial charge in [-0.15, -0.1) is 0 Å². The van der Waals surface area contributed by atoms with Crippen LogP contribution in [0.4, 0.5) is 5.69 Å². The van der Waals surface area contributed by atoms with E-state index in [1.165, 1.54) is 12.2 Å². The fourth-order valence-electron chi connectivity index (χ4n) is 2.36. The molecule has 0 aliphatic carbocycles. The predicted molar refractivity (Wildman–Crippen MR) is 106 cm³/mol. The predicted octanol–water partition coefficient (Wildman–Crippen LogP) is 2.93. The lowest BCUT2D eigenvalue weighted by Crippen LogP contribution is -2.31. The summed E-state index contributed by atoms with van der Waals surface area (Å²) in [5, 5.41) is 5.84. The van der Waals surface area contributed by atoms with E-state index >= 15 is 0 Å². The van der Waals surface area contributed by atoms with Gasteiger partial charge >= 0.3 is 5.69 Å². The smallest absolute Gasteiger partial charge is 0.323 e. The third-order valence-corrected chi connectivity index (χ3v) is 4.45. The molecule has 27 heavy (non-hydrogen) atoms. The van der Waals surface area contributed by atoms with E-state index in [1.54, 1.807) is 36.4 Å². The number of carbonyl (C=O) groups excluding carboxylic acids is 2. The van der Waals surface area contributed by atoms with Gasteiger partial charge in [0.05, 0.1) is 27.6 Å². The molecule has 0 radical (unpaired) electrons. The van der Waals surface area contributed by atoms with Crippen LogP contribution in [0.3, 0.4) is 0 Å². The van der Waals surface area contributed by atoms with E-state index in [4.69, 9.17) is 23.2 Å². The van der Waals surface area contributed by atoms with Crippen LogP contribution < -0.4 is 16.3 Å². The maximum absolute atomic E-state index is 12.0. The molecule has 0 fully saturated rings. The number of benzene rings is 2. The van der Waals surface area contributed by atoms with Gasteiger partial charge in [-0.05, 0) is 35.9 Å². The molecular weight excluding hydrogens is 391 g/mol. The van der Waals surface area contributed by atoms with E-state index in [-0.39, 0.29) is 12.2 Å². The quantitative estimate of drug-likeness (QED) is 0.491. The highest BCUT2D eigenvalue weighted by molar-refractivity contribution is 6.42. The summed E-state index contributed by atoms with van der Waals surface area (Å²) < 4.78 is 0. The lowest BCUT2D eigenvalue weighted by molar-refractivity contribution is -0.121. The van der Waals surface area contributed by atoms with Crippen molar-refractivity contribution in [3.63, 3.8) is 0 Å². The molecule has 7 nitrogen and oxygen atoms in total. The van der Waals surface area contributed by atoms with Crippen LogP contribution >= 0.6 is 23.2 Å². The number of hydrogen-bond donors (Lipinski definition) is 4. The molecule has 0 saturated heterocycles. The topological polar surface area (TPSA) is 107 Å². The minimum atomic E-state index is -0.452. The first-order chi connectivity index (χ1) is 12.9. The average molecular weight is 405 g/mol. The third-order valence-electron chi connectivity index (χ3n) is 3.62. The Balaban J connectivity index is 1.54. The second-order valence-electron chi connectivity index (χ2n) is 5.58. The van der Waals surface area contributed by atoms with Crippen molar-refractivity contribution in [3.05, 3.63) is 68.6 Å². The average Bonchev–Trinajstić information content (AvgIpc) is 3.00. The highest BCUT2D eigenvalue weighted by atomic mass is 35.5. The molecular formula is C18H14Cl2N4O3. The lowest BCUT2D eigenvalue weighted by atomic mass is 10.2. The van der Waals surface area contributed by atoms with Crippen LogP contribution in [-0.4, -0.2) is 28.3 Å². The van der Waals surface area contributed by atoms with E-state index in [2.05, 4.69) is 20.6 Å². The van der Waals surface area contributed by atoms with Crippen LogP contribution in [0.1, 0.15) is 5.56 Å². The zero-order valence-corrected chi connectivity index (χ0v) is 15.3. The first kappa shape index (κ1) is 18.8. The molecule has 1 heterocycles. The Labute approximate surface area is 163 Å². The first-order valence-corrected chi connectivity index (χ1v) is 8.60. The van der Waals surface area contributed by atoms with Crippen LogP contribution in [0.5, 0.6) is 0 Å². The van der Waals surface area contributed by atoms with Crippen molar-refractivity contribution in [2.24, 2.45) is 0 Å². The fourth-order valence-corrected chi connectivity index (χ4v) is 2.73. The molecule has 1 aromatic heterocycles. The SMILES string of the molecule is O=C(/C=C/c1cccc(Cl)c1Cl)NCC(=O)Nc1ccc2[nH]c(=O)[nH]c2c1. The van der Waals surface area contributed by atoms with E-state index < -0.39 is 11.8 Å². The highest BCUT2D eigenvalue weighted by Crippen LogP contribution is 2.26. The Bertz CT molecular complexity index is 1100. The minimum absolute atomic E-state index is 0.214. The normalized spacial score (nSPS) is 11.0. The Morgan fingerprint density at radius 1 is 1.07 bits per heavy atom. The molecule has 2 amide bonds. The number of rotatable bonds is 5. The van der Waals surface area contributed by atoms with Crippen molar-refractivity contribution in [2.75, 3.05) is 11.9 Å². The molecule has 0 spiro atoms. The highest BCUT2D eigenvalue weighted by Gasteiger charge is 2.06. The minimum Gasteiger partial charge on any atom is -0.343 e. The molecule has 138 valence electrons. The van der Waals surface area contributed by atoms with Crippen LogP contribution in [0, 0.1) is 0 Å². The van der Waals surface area contributed by atoms with E-state index in [0.717, 1.165) is 0 Å². The summed E-state index contributed by atoms with van der Waals surface area (Å²) in [6.07, 6.45) is 2.78. The molecule has 0 saturated carbocycles. The standard InChI is InChI=1S/C18H14Cl2N4O3/c19-12-3-1-2-10(17(12)20)4-7-15(25)21-9-16(26)22-11-5-6-13-14(8-11)24-18(27)23-13/h1-8H,9H2,(H,21,25)(H,22,26)(H2,23,24,27)/b7-4+. The van der Waals surface area contributed by atoms with Gasteiger partial charge in [-0.25, -0.2) is 4.79 Å². The molecule has 0 atom stereocenters. The third kappa shape index (κ3) is 4.78. The monoisotopic (exact) mass is 404 g/mol. The zero-order chi connectivity index (χ0) is 19.4. The number of fused-ring (bicyclic) bond motifs is 1. The number of imidazole rings is 1. The van der Waals surface area contributed by atoms with Crippen molar-refractivity contribution < 1.29 is 9.59 Å². The molecule has 3 aromatic rings. The number of aromatic amines is 2. The fraction of sp³-hybridized carbons (Fsp3) is 0.0556. The van der Waals surface area contributed by atoms with Gasteiger partial charge in [0.2, 0.25) is 11.8 Å². The van der Waals surface area contributed by atoms with Gasteiger partial charge in [0, 0.05) is 11.8 Å². The number of nitrogens with one attached hydrogen (secondary N) is 4. The van der Waals surface area contributed by atoms with Gasteiger partial charge in [-0.2, -0.15) is 0 Å². The molecule has 9 heteroatoms. The summed E-state index contributed by atoms with van der Waals surface area (Å²) in [5.74, 6) is -0.860. The zero-order valence-electron chi connectivity index (χ0n) is 13.8. The summed E-state index contributed by atoms with van der Waals surface area (Å²) in [4.78, 5) is 40.3. The Morgan fingerprint density at radius 3 is 2.67 bits per heavy atom. The molecule has 0 aliphatic rings. The van der Waals surface area contributed by atoms with E-state index in [0.29, 0.717) is 32.3 Å². The van der Waals surface area contributed by atoms with Crippen LogP contribution in [0.15, 0.2) is 47.3 Å². The molecule has 3 rings (SSSR count). The molecule has 0 aliphatic heterocycles. The van der Waals surface area contributed by atoms with Crippen molar-refractivity contribution in [1.82, 2.24) is 15.3 Å². The molecule has 0 unspecified atom stereocenters. The van der Waals surface area contributed by atoms with Gasteiger partial charge in [-0.1, -0.05) is 35.3 Å². The summed E-state index contributed by atoms with van der Waals surface area (Å²) in [7, 11) is 0. The second kappa shape index (κ2) is 8.11. The van der Waals surface area contributed by atoms with Crippen LogP contribution in [0.2, 0.25) is 10.0 Å². The number of carbonyl (C=O) groups is 2. The van der Waals surface area contributed by atoms with Crippen molar-refractivity contribution in [2.45, 2.75) is 0 Å². The van der Waals surface area contributed by atoms with Gasteiger partial charge < -0.3 is 20.6 Å². The summed E-state index contributed by atoms with van der Waals surface area (Å²) in [6.45, 7) is -0.214. The first-order valence-electron chi connectivity index (χ1n) is 7.84. The maximum Gasteiger partial charge on any atom is 0.323 e. The number of hydrogen-bond acceptors (Lipinski definition) is 3. The van der Waals surface area contributed by atoms with Crippen LogP contribution in [0.25, 0.3) is 17.1 Å².